The number of aromatic nitrogens is 2. The van der Waals surface area contributed by atoms with E-state index in [9.17, 15) is 18.7 Å². The van der Waals surface area contributed by atoms with Crippen molar-refractivity contribution in [1.82, 2.24) is 15.5 Å². The predicted octanol–water partition coefficient (Wildman–Crippen LogP) is 3.28. The van der Waals surface area contributed by atoms with Crippen LogP contribution in [-0.2, 0) is 0 Å². The van der Waals surface area contributed by atoms with Crippen LogP contribution in [0.25, 0.3) is 22.4 Å². The van der Waals surface area contributed by atoms with E-state index >= 15 is 0 Å². The molecular weight excluding hydrogens is 418 g/mol. The van der Waals surface area contributed by atoms with E-state index in [4.69, 9.17) is 0 Å². The molecule has 2 aliphatic heterocycles. The summed E-state index contributed by atoms with van der Waals surface area (Å²) in [5.74, 6) is -0.323. The Morgan fingerprint density at radius 3 is 2.75 bits per heavy atom. The molecular formula is C23H22F2N4O3. The second-order valence-corrected chi connectivity index (χ2v) is 8.37. The lowest BCUT2D eigenvalue weighted by Crippen LogP contribution is -2.55. The molecule has 2 bridgehead atoms. The zero-order valence-corrected chi connectivity index (χ0v) is 17.3. The molecule has 0 amide bonds. The van der Waals surface area contributed by atoms with Crippen LogP contribution in [0.5, 0.6) is 5.75 Å². The summed E-state index contributed by atoms with van der Waals surface area (Å²) in [5.41, 5.74) is 0.186. The first-order valence-corrected chi connectivity index (χ1v) is 10.5. The Kier molecular flexibility index (Phi) is 5.13. The van der Waals surface area contributed by atoms with Gasteiger partial charge in [0.05, 0.1) is 18.0 Å². The molecule has 4 heterocycles. The van der Waals surface area contributed by atoms with Gasteiger partial charge < -0.3 is 19.7 Å². The van der Waals surface area contributed by atoms with Crippen LogP contribution < -0.4 is 15.8 Å². The van der Waals surface area contributed by atoms with Crippen LogP contribution in [0.3, 0.4) is 0 Å². The summed E-state index contributed by atoms with van der Waals surface area (Å²) in [6, 6.07) is 8.18. The fourth-order valence-electron chi connectivity index (χ4n) is 4.71. The molecule has 5 rings (SSSR count). The predicted molar refractivity (Wildman–Crippen MR) is 115 cm³/mol. The Bertz CT molecular complexity index is 1200. The molecule has 0 radical (unpaired) electrons. The van der Waals surface area contributed by atoms with E-state index < -0.39 is 17.6 Å². The first kappa shape index (κ1) is 20.6. The molecule has 1 aromatic carbocycles. The summed E-state index contributed by atoms with van der Waals surface area (Å²) >= 11 is 0. The highest BCUT2D eigenvalue weighted by Crippen LogP contribution is 2.36. The SMILES string of the molecule is CN(c1ccc(-c2cc(F)c(-c3ccoc(=O)c3)cc2O)nn1)[C@H]1CC2CCC(N2)[C@H]1F. The minimum absolute atomic E-state index is 0.0676. The highest BCUT2D eigenvalue weighted by atomic mass is 19.1. The quantitative estimate of drug-likeness (QED) is 0.643. The molecule has 4 atom stereocenters. The van der Waals surface area contributed by atoms with Crippen LogP contribution in [-0.4, -0.2) is 46.6 Å². The number of anilines is 1. The molecule has 9 heteroatoms. The summed E-state index contributed by atoms with van der Waals surface area (Å²) in [7, 11) is 1.80. The van der Waals surface area contributed by atoms with Gasteiger partial charge in [-0.1, -0.05) is 0 Å². The lowest BCUT2D eigenvalue weighted by molar-refractivity contribution is 0.176. The van der Waals surface area contributed by atoms with Gasteiger partial charge in [0, 0.05) is 36.3 Å². The molecule has 0 saturated carbocycles. The van der Waals surface area contributed by atoms with E-state index in [1.54, 1.807) is 24.1 Å². The zero-order chi connectivity index (χ0) is 22.4. The maximum atomic E-state index is 14.9. The van der Waals surface area contributed by atoms with Gasteiger partial charge >= 0.3 is 5.63 Å². The number of nitrogens with one attached hydrogen (secondary N) is 1. The number of phenols is 1. The van der Waals surface area contributed by atoms with Gasteiger partial charge in [0.15, 0.2) is 5.82 Å². The van der Waals surface area contributed by atoms with Gasteiger partial charge in [0.1, 0.15) is 17.7 Å². The molecule has 7 nitrogen and oxygen atoms in total. The number of aromatic hydroxyl groups is 1. The van der Waals surface area contributed by atoms with Crippen molar-refractivity contribution in [3.8, 4) is 28.1 Å². The number of hydrogen-bond donors (Lipinski definition) is 2. The average Bonchev–Trinajstić information content (AvgIpc) is 3.20. The van der Waals surface area contributed by atoms with Crippen molar-refractivity contribution in [3.05, 3.63) is 58.9 Å². The van der Waals surface area contributed by atoms with Gasteiger partial charge in [-0.25, -0.2) is 13.6 Å². The Balaban J connectivity index is 1.40. The fourth-order valence-corrected chi connectivity index (χ4v) is 4.71. The third-order valence-electron chi connectivity index (χ3n) is 6.44. The van der Waals surface area contributed by atoms with Gasteiger partial charge in [0.2, 0.25) is 0 Å². The number of benzene rings is 1. The van der Waals surface area contributed by atoms with E-state index in [0.29, 0.717) is 23.8 Å². The first-order valence-electron chi connectivity index (χ1n) is 10.5. The maximum Gasteiger partial charge on any atom is 0.336 e. The van der Waals surface area contributed by atoms with Crippen molar-refractivity contribution in [3.63, 3.8) is 0 Å². The van der Waals surface area contributed by atoms with Crippen molar-refractivity contribution in [2.45, 2.75) is 43.6 Å². The lowest BCUT2D eigenvalue weighted by atomic mass is 9.96. The largest absolute Gasteiger partial charge is 0.507 e. The number of alkyl halides is 1. The highest BCUT2D eigenvalue weighted by Gasteiger charge is 2.43. The van der Waals surface area contributed by atoms with Crippen molar-refractivity contribution < 1.29 is 18.3 Å². The molecule has 166 valence electrons. The van der Waals surface area contributed by atoms with Crippen molar-refractivity contribution >= 4 is 5.82 Å². The van der Waals surface area contributed by atoms with Crippen LogP contribution in [0.2, 0.25) is 0 Å². The second kappa shape index (κ2) is 7.98. The molecule has 2 aliphatic rings. The maximum absolute atomic E-state index is 14.9. The minimum atomic E-state index is -0.994. The van der Waals surface area contributed by atoms with E-state index in [-0.39, 0.29) is 34.7 Å². The number of piperidine rings is 1. The van der Waals surface area contributed by atoms with Crippen LogP contribution >= 0.6 is 0 Å². The molecule has 3 aromatic rings. The zero-order valence-electron chi connectivity index (χ0n) is 17.3. The smallest absolute Gasteiger partial charge is 0.336 e. The molecule has 0 spiro atoms. The molecule has 2 saturated heterocycles. The number of hydrogen-bond acceptors (Lipinski definition) is 7. The summed E-state index contributed by atoms with van der Waals surface area (Å²) in [6.45, 7) is 0. The summed E-state index contributed by atoms with van der Waals surface area (Å²) in [5, 5.41) is 22.1. The second-order valence-electron chi connectivity index (χ2n) is 8.37. The van der Waals surface area contributed by atoms with E-state index in [1.807, 2.05) is 0 Å². The number of fused-ring (bicyclic) bond motifs is 2. The fraction of sp³-hybridized carbons (Fsp3) is 0.348. The molecule has 2 aromatic heterocycles. The van der Waals surface area contributed by atoms with Gasteiger partial charge in [-0.2, -0.15) is 0 Å². The van der Waals surface area contributed by atoms with Crippen LogP contribution in [0.15, 0.2) is 51.9 Å². The molecule has 2 fully saturated rings. The van der Waals surface area contributed by atoms with Gasteiger partial charge in [-0.05, 0) is 55.2 Å². The molecule has 32 heavy (non-hydrogen) atoms. The Labute approximate surface area is 182 Å². The Hall–Kier alpha value is -3.33. The highest BCUT2D eigenvalue weighted by molar-refractivity contribution is 5.74. The number of halogens is 2. The third kappa shape index (κ3) is 3.62. The van der Waals surface area contributed by atoms with Crippen molar-refractivity contribution in [2.75, 3.05) is 11.9 Å². The van der Waals surface area contributed by atoms with Gasteiger partial charge in [-0.3, -0.25) is 0 Å². The minimum Gasteiger partial charge on any atom is -0.507 e. The van der Waals surface area contributed by atoms with Gasteiger partial charge in [-0.15, -0.1) is 10.2 Å². The van der Waals surface area contributed by atoms with E-state index in [0.717, 1.165) is 25.0 Å². The standard InChI is InChI=1S/C23H22F2N4O3/c1-29(19-9-13-2-3-18(26-13)23(19)25)21-5-4-17(27-28-21)15-10-16(24)14(11-20(15)30)12-6-7-32-22(31)8-12/h4-8,10-11,13,18-19,23,26,30H,2-3,9H2,1H3/t13?,18?,19-,23+/m0/s1. The molecule has 0 aliphatic carbocycles. The topological polar surface area (TPSA) is 91.5 Å². The summed E-state index contributed by atoms with van der Waals surface area (Å²) in [6.07, 6.45) is 2.69. The van der Waals surface area contributed by atoms with E-state index in [2.05, 4.69) is 19.9 Å². The van der Waals surface area contributed by atoms with Crippen molar-refractivity contribution in [2.24, 2.45) is 0 Å². The van der Waals surface area contributed by atoms with Crippen LogP contribution in [0, 0.1) is 5.82 Å². The summed E-state index contributed by atoms with van der Waals surface area (Å²) in [4.78, 5) is 13.2. The van der Waals surface area contributed by atoms with E-state index in [1.165, 1.54) is 18.4 Å². The Morgan fingerprint density at radius 2 is 2.00 bits per heavy atom. The first-order chi connectivity index (χ1) is 15.4. The number of nitrogens with zero attached hydrogens (tertiary/aromatic N) is 3. The average molecular weight is 440 g/mol. The Morgan fingerprint density at radius 1 is 1.16 bits per heavy atom. The lowest BCUT2D eigenvalue weighted by Gasteiger charge is -2.38. The van der Waals surface area contributed by atoms with Crippen molar-refractivity contribution in [1.29, 1.82) is 0 Å². The monoisotopic (exact) mass is 440 g/mol. The third-order valence-corrected chi connectivity index (χ3v) is 6.44. The molecule has 2 unspecified atom stereocenters. The summed E-state index contributed by atoms with van der Waals surface area (Å²) < 4.78 is 34.3. The number of rotatable bonds is 4. The van der Waals surface area contributed by atoms with Crippen LogP contribution in [0.4, 0.5) is 14.6 Å². The normalized spacial score (nSPS) is 24.5. The van der Waals surface area contributed by atoms with Crippen LogP contribution in [0.1, 0.15) is 19.3 Å². The van der Waals surface area contributed by atoms with Gasteiger partial charge in [0.25, 0.3) is 0 Å². The number of phenolic OH excluding ortho intramolecular Hbond substituents is 1. The molecule has 2 N–H and O–H groups in total.